The molecule has 0 aliphatic heterocycles. The normalized spacial score (nSPS) is 10.9. The second-order valence-electron chi connectivity index (χ2n) is 4.70. The first kappa shape index (κ1) is 18.8. The molecule has 0 aliphatic carbocycles. The van der Waals surface area contributed by atoms with Crippen molar-refractivity contribution in [3.8, 4) is 5.75 Å². The van der Waals surface area contributed by atoms with Crippen LogP contribution in [0, 0.1) is 11.6 Å². The van der Waals surface area contributed by atoms with Gasteiger partial charge in [-0.25, -0.2) is 13.8 Å². The minimum atomic E-state index is -1.04. The van der Waals surface area contributed by atoms with E-state index in [1.165, 1.54) is 17.4 Å². The monoisotopic (exact) mass is 369 g/mol. The zero-order valence-corrected chi connectivity index (χ0v) is 14.5. The Balaban J connectivity index is 2.05. The molecule has 1 aromatic heterocycles. The van der Waals surface area contributed by atoms with E-state index in [1.807, 2.05) is 0 Å². The van der Waals surface area contributed by atoms with E-state index < -0.39 is 11.6 Å². The molecule has 6 nitrogen and oxygen atoms in total. The van der Waals surface area contributed by atoms with Crippen LogP contribution >= 0.6 is 11.3 Å². The molecule has 0 bridgehead atoms. The van der Waals surface area contributed by atoms with Crippen LogP contribution in [0.25, 0.3) is 0 Å². The number of carbonyl (C=O) groups excluding carboxylic acids is 1. The van der Waals surface area contributed by atoms with Crippen LogP contribution in [-0.2, 0) is 16.0 Å². The molecule has 0 saturated carbocycles. The van der Waals surface area contributed by atoms with Gasteiger partial charge >= 0.3 is 5.97 Å². The Labute approximate surface area is 147 Å². The molecule has 134 valence electrons. The highest BCUT2D eigenvalue weighted by atomic mass is 32.1. The van der Waals surface area contributed by atoms with E-state index in [4.69, 9.17) is 9.47 Å². The summed E-state index contributed by atoms with van der Waals surface area (Å²) >= 11 is 1.22. The summed E-state index contributed by atoms with van der Waals surface area (Å²) in [7, 11) is 0. The lowest BCUT2D eigenvalue weighted by Gasteiger charge is -2.07. The maximum absolute atomic E-state index is 13.9. The molecule has 2 rings (SSSR count). The molecule has 0 atom stereocenters. The van der Waals surface area contributed by atoms with Crippen LogP contribution in [0.5, 0.6) is 5.75 Å². The number of carbonyl (C=O) groups is 1. The fourth-order valence-corrected chi connectivity index (χ4v) is 2.56. The number of thiazole rings is 1. The standard InChI is InChI=1S/C16H17F2N3O3S/c1-3-23-13-6-5-12(17)15(18)11(13)8-19-21-16-20-10(9-25-16)7-14(22)24-4-2/h5-6,8-9H,3-4,7H2,1-2H3,(H,20,21). The number of aromatic nitrogens is 1. The van der Waals surface area contributed by atoms with Crippen LogP contribution in [-0.4, -0.2) is 30.4 Å². The molecule has 1 N–H and O–H groups in total. The fraction of sp³-hybridized carbons (Fsp3) is 0.312. The Morgan fingerprint density at radius 3 is 2.88 bits per heavy atom. The van der Waals surface area contributed by atoms with E-state index >= 15 is 0 Å². The molecule has 0 amide bonds. The molecular formula is C16H17F2N3O3S. The molecule has 0 saturated heterocycles. The third kappa shape index (κ3) is 5.21. The topological polar surface area (TPSA) is 72.8 Å². The van der Waals surface area contributed by atoms with Crippen molar-refractivity contribution < 1.29 is 23.0 Å². The second-order valence-corrected chi connectivity index (χ2v) is 5.56. The number of anilines is 1. The van der Waals surface area contributed by atoms with Gasteiger partial charge in [-0.3, -0.25) is 10.2 Å². The Morgan fingerprint density at radius 2 is 2.16 bits per heavy atom. The predicted octanol–water partition coefficient (Wildman–Crippen LogP) is 3.37. The summed E-state index contributed by atoms with van der Waals surface area (Å²) in [5.41, 5.74) is 3.05. The lowest BCUT2D eigenvalue weighted by molar-refractivity contribution is -0.142. The number of halogens is 2. The molecule has 0 spiro atoms. The van der Waals surface area contributed by atoms with Gasteiger partial charge in [-0.05, 0) is 26.0 Å². The number of hydrogen-bond acceptors (Lipinski definition) is 7. The zero-order chi connectivity index (χ0) is 18.2. The highest BCUT2D eigenvalue weighted by Crippen LogP contribution is 2.22. The summed E-state index contributed by atoms with van der Waals surface area (Å²) in [6.45, 7) is 4.08. The van der Waals surface area contributed by atoms with E-state index in [0.29, 0.717) is 24.0 Å². The molecule has 25 heavy (non-hydrogen) atoms. The van der Waals surface area contributed by atoms with Crippen LogP contribution < -0.4 is 10.2 Å². The number of nitrogens with one attached hydrogen (secondary N) is 1. The lowest BCUT2D eigenvalue weighted by Crippen LogP contribution is -2.07. The van der Waals surface area contributed by atoms with Crippen LogP contribution in [0.4, 0.5) is 13.9 Å². The van der Waals surface area contributed by atoms with Crippen molar-refractivity contribution in [3.63, 3.8) is 0 Å². The third-order valence-electron chi connectivity index (χ3n) is 2.93. The summed E-state index contributed by atoms with van der Waals surface area (Å²) in [6.07, 6.45) is 1.18. The molecule has 2 aromatic rings. The van der Waals surface area contributed by atoms with Crippen molar-refractivity contribution in [2.45, 2.75) is 20.3 Å². The first-order valence-electron chi connectivity index (χ1n) is 7.55. The predicted molar refractivity (Wildman–Crippen MR) is 91.2 cm³/mol. The molecule has 1 aromatic carbocycles. The van der Waals surface area contributed by atoms with Crippen molar-refractivity contribution in [1.29, 1.82) is 0 Å². The van der Waals surface area contributed by atoms with Gasteiger partial charge in [0.1, 0.15) is 5.75 Å². The molecule has 1 heterocycles. The van der Waals surface area contributed by atoms with Crippen LogP contribution in [0.15, 0.2) is 22.6 Å². The van der Waals surface area contributed by atoms with E-state index in [1.54, 1.807) is 19.2 Å². The van der Waals surface area contributed by atoms with Crippen LogP contribution in [0.2, 0.25) is 0 Å². The van der Waals surface area contributed by atoms with Crippen molar-refractivity contribution in [3.05, 3.63) is 40.4 Å². The number of hydrogen-bond donors (Lipinski definition) is 1. The summed E-state index contributed by atoms with van der Waals surface area (Å²) in [6, 6.07) is 2.33. The largest absolute Gasteiger partial charge is 0.493 e. The van der Waals surface area contributed by atoms with Gasteiger partial charge in [0.2, 0.25) is 5.13 Å². The number of esters is 1. The maximum atomic E-state index is 13.9. The SMILES string of the molecule is CCOC(=O)Cc1csc(NN=Cc2c(OCC)ccc(F)c2F)n1. The number of rotatable bonds is 8. The summed E-state index contributed by atoms with van der Waals surface area (Å²) < 4.78 is 37.4. The second kappa shape index (κ2) is 9.07. The Kier molecular flexibility index (Phi) is 6.81. The number of hydrazone groups is 1. The quantitative estimate of drug-likeness (QED) is 0.439. The van der Waals surface area contributed by atoms with Crippen molar-refractivity contribution in [2.24, 2.45) is 5.10 Å². The van der Waals surface area contributed by atoms with Gasteiger partial charge < -0.3 is 9.47 Å². The molecule has 9 heteroatoms. The molecule has 0 aliphatic rings. The zero-order valence-electron chi connectivity index (χ0n) is 13.7. The fourth-order valence-electron chi connectivity index (χ4n) is 1.90. The van der Waals surface area contributed by atoms with Gasteiger partial charge in [0.25, 0.3) is 0 Å². The summed E-state index contributed by atoms with van der Waals surface area (Å²) in [5, 5.41) is 5.95. The number of nitrogens with zero attached hydrogens (tertiary/aromatic N) is 2. The summed E-state index contributed by atoms with van der Waals surface area (Å²) in [5.74, 6) is -2.21. The summed E-state index contributed by atoms with van der Waals surface area (Å²) in [4.78, 5) is 15.5. The van der Waals surface area contributed by atoms with Gasteiger partial charge in [0, 0.05) is 5.38 Å². The Bertz CT molecular complexity index is 765. The van der Waals surface area contributed by atoms with Gasteiger partial charge in [-0.2, -0.15) is 5.10 Å². The average Bonchev–Trinajstić information content (AvgIpc) is 3.01. The first-order chi connectivity index (χ1) is 12.0. The first-order valence-corrected chi connectivity index (χ1v) is 8.43. The van der Waals surface area contributed by atoms with E-state index in [0.717, 1.165) is 12.3 Å². The number of benzene rings is 1. The van der Waals surface area contributed by atoms with Crippen LogP contribution in [0.3, 0.4) is 0 Å². The van der Waals surface area contributed by atoms with Crippen molar-refractivity contribution in [1.82, 2.24) is 4.98 Å². The van der Waals surface area contributed by atoms with E-state index in [-0.39, 0.29) is 23.7 Å². The molecule has 0 unspecified atom stereocenters. The van der Waals surface area contributed by atoms with Crippen molar-refractivity contribution in [2.75, 3.05) is 18.6 Å². The van der Waals surface area contributed by atoms with Gasteiger partial charge in [-0.15, -0.1) is 11.3 Å². The van der Waals surface area contributed by atoms with E-state index in [9.17, 15) is 13.6 Å². The lowest BCUT2D eigenvalue weighted by atomic mass is 10.2. The average molecular weight is 369 g/mol. The minimum absolute atomic E-state index is 0.0583. The molecule has 0 fully saturated rings. The molecular weight excluding hydrogens is 352 g/mol. The minimum Gasteiger partial charge on any atom is -0.493 e. The highest BCUT2D eigenvalue weighted by Gasteiger charge is 2.13. The van der Waals surface area contributed by atoms with Crippen LogP contribution in [0.1, 0.15) is 25.1 Å². The maximum Gasteiger partial charge on any atom is 0.311 e. The third-order valence-corrected chi connectivity index (χ3v) is 3.72. The molecule has 0 radical (unpaired) electrons. The van der Waals surface area contributed by atoms with Gasteiger partial charge in [-0.1, -0.05) is 0 Å². The smallest absolute Gasteiger partial charge is 0.311 e. The van der Waals surface area contributed by atoms with Gasteiger partial charge in [0.05, 0.1) is 37.1 Å². The van der Waals surface area contributed by atoms with Crippen molar-refractivity contribution >= 4 is 28.7 Å². The number of ether oxygens (including phenoxy) is 2. The van der Waals surface area contributed by atoms with Gasteiger partial charge in [0.15, 0.2) is 11.6 Å². The Hall–Kier alpha value is -2.55. The Morgan fingerprint density at radius 1 is 1.36 bits per heavy atom. The van der Waals surface area contributed by atoms with E-state index in [2.05, 4.69) is 15.5 Å². The highest BCUT2D eigenvalue weighted by molar-refractivity contribution is 7.13.